The number of hydrogen-bond acceptors (Lipinski definition) is 5. The predicted octanol–water partition coefficient (Wildman–Crippen LogP) is 3.61. The molecule has 0 atom stereocenters. The van der Waals surface area contributed by atoms with Crippen molar-refractivity contribution < 1.29 is 18.0 Å². The van der Waals surface area contributed by atoms with Crippen LogP contribution in [0.15, 0.2) is 70.3 Å². The summed E-state index contributed by atoms with van der Waals surface area (Å²) in [4.78, 5) is 26.2. The average Bonchev–Trinajstić information content (AvgIpc) is 3.45. The van der Waals surface area contributed by atoms with Gasteiger partial charge in [-0.05, 0) is 53.8 Å². The van der Waals surface area contributed by atoms with Gasteiger partial charge in [0, 0.05) is 36.4 Å². The highest BCUT2D eigenvalue weighted by molar-refractivity contribution is 7.94. The topological polar surface area (TPSA) is 95.6 Å². The molecular weight excluding hydrogens is 434 g/mol. The number of sulfonamides is 1. The van der Waals surface area contributed by atoms with Gasteiger partial charge >= 0.3 is 0 Å². The van der Waals surface area contributed by atoms with E-state index in [4.69, 9.17) is 0 Å². The Bertz CT molecular complexity index is 1190. The number of nitrogens with zero attached hydrogens (tertiary/aromatic N) is 1. The zero-order valence-electron chi connectivity index (χ0n) is 16.6. The molecule has 0 saturated carbocycles. The Balaban J connectivity index is 1.38. The van der Waals surface area contributed by atoms with Crippen LogP contribution in [0.5, 0.6) is 0 Å². The number of nitrogens with one attached hydrogen (secondary N) is 2. The fourth-order valence-electron chi connectivity index (χ4n) is 3.35. The fourth-order valence-corrected chi connectivity index (χ4v) is 5.39. The summed E-state index contributed by atoms with van der Waals surface area (Å²) in [5, 5.41) is 4.52. The molecular formula is C22H21N3O4S2. The number of hydrogen-bond donors (Lipinski definition) is 2. The van der Waals surface area contributed by atoms with Gasteiger partial charge in [0.2, 0.25) is 5.91 Å². The molecule has 1 fully saturated rings. The third kappa shape index (κ3) is 4.95. The number of carbonyl (C=O) groups excluding carboxylic acids is 2. The minimum atomic E-state index is -3.67. The summed E-state index contributed by atoms with van der Waals surface area (Å²) in [5.41, 5.74) is 2.44. The van der Waals surface area contributed by atoms with E-state index in [1.54, 1.807) is 34.5 Å². The number of thiophene rings is 1. The second kappa shape index (κ2) is 8.91. The van der Waals surface area contributed by atoms with Crippen molar-refractivity contribution in [1.82, 2.24) is 5.32 Å². The molecule has 2 amide bonds. The van der Waals surface area contributed by atoms with E-state index in [0.29, 0.717) is 24.2 Å². The van der Waals surface area contributed by atoms with Crippen LogP contribution in [0.2, 0.25) is 0 Å². The van der Waals surface area contributed by atoms with Crippen molar-refractivity contribution in [2.45, 2.75) is 23.6 Å². The molecule has 0 spiro atoms. The molecule has 1 aliphatic heterocycles. The van der Waals surface area contributed by atoms with Crippen molar-refractivity contribution in [3.05, 3.63) is 77.2 Å². The summed E-state index contributed by atoms with van der Waals surface area (Å²) in [6.45, 7) is 1.06. The lowest BCUT2D eigenvalue weighted by Gasteiger charge is -2.16. The van der Waals surface area contributed by atoms with Crippen molar-refractivity contribution in [1.29, 1.82) is 0 Å². The van der Waals surface area contributed by atoms with Gasteiger partial charge in [0.25, 0.3) is 15.9 Å². The molecule has 0 radical (unpaired) electrons. The van der Waals surface area contributed by atoms with Gasteiger partial charge < -0.3 is 10.2 Å². The summed E-state index contributed by atoms with van der Waals surface area (Å²) >= 11 is 1.12. The molecule has 160 valence electrons. The molecule has 2 aromatic carbocycles. The second-order valence-corrected chi connectivity index (χ2v) is 9.97. The van der Waals surface area contributed by atoms with E-state index in [0.717, 1.165) is 35.6 Å². The maximum absolute atomic E-state index is 12.5. The maximum Gasteiger partial charge on any atom is 0.271 e. The first-order chi connectivity index (χ1) is 14.9. The van der Waals surface area contributed by atoms with Crippen LogP contribution >= 0.6 is 11.3 Å². The van der Waals surface area contributed by atoms with Gasteiger partial charge in [-0.3, -0.25) is 14.3 Å². The Kier molecular flexibility index (Phi) is 6.06. The van der Waals surface area contributed by atoms with Crippen LogP contribution in [-0.2, 0) is 21.4 Å². The largest absolute Gasteiger partial charge is 0.348 e. The Morgan fingerprint density at radius 3 is 2.55 bits per heavy atom. The van der Waals surface area contributed by atoms with Crippen LogP contribution in [0.3, 0.4) is 0 Å². The lowest BCUT2D eigenvalue weighted by atomic mass is 10.1. The van der Waals surface area contributed by atoms with Crippen LogP contribution in [0, 0.1) is 0 Å². The van der Waals surface area contributed by atoms with Crippen molar-refractivity contribution in [2.75, 3.05) is 16.2 Å². The van der Waals surface area contributed by atoms with Crippen molar-refractivity contribution in [2.24, 2.45) is 0 Å². The fraction of sp³-hybridized carbons (Fsp3) is 0.182. The zero-order chi connectivity index (χ0) is 21.8. The van der Waals surface area contributed by atoms with Gasteiger partial charge in [0.15, 0.2) is 0 Å². The van der Waals surface area contributed by atoms with E-state index in [1.807, 2.05) is 24.3 Å². The molecule has 2 heterocycles. The van der Waals surface area contributed by atoms with E-state index in [1.165, 1.54) is 12.1 Å². The van der Waals surface area contributed by atoms with E-state index < -0.39 is 10.0 Å². The Hall–Kier alpha value is -3.17. The van der Waals surface area contributed by atoms with Gasteiger partial charge in [0.1, 0.15) is 4.21 Å². The number of rotatable bonds is 7. The van der Waals surface area contributed by atoms with Gasteiger partial charge in [0.05, 0.1) is 0 Å². The molecule has 1 saturated heterocycles. The molecule has 1 aliphatic rings. The minimum absolute atomic E-state index is 0.135. The summed E-state index contributed by atoms with van der Waals surface area (Å²) in [5.74, 6) is -0.174. The molecule has 4 rings (SSSR count). The van der Waals surface area contributed by atoms with Gasteiger partial charge in [-0.25, -0.2) is 8.42 Å². The molecule has 0 bridgehead atoms. The van der Waals surface area contributed by atoms with Crippen molar-refractivity contribution in [3.63, 3.8) is 0 Å². The van der Waals surface area contributed by atoms with Gasteiger partial charge in [-0.2, -0.15) is 0 Å². The molecule has 7 nitrogen and oxygen atoms in total. The number of amides is 2. The van der Waals surface area contributed by atoms with E-state index >= 15 is 0 Å². The summed E-state index contributed by atoms with van der Waals surface area (Å²) in [6, 6.07) is 17.1. The Labute approximate surface area is 184 Å². The first-order valence-corrected chi connectivity index (χ1v) is 12.1. The highest BCUT2D eigenvalue weighted by atomic mass is 32.2. The number of anilines is 2. The average molecular weight is 456 g/mol. The second-order valence-electron chi connectivity index (χ2n) is 7.12. The SMILES string of the molecule is O=C(NCc1ccc(N2CCCC2=O)cc1)c1cccc(NS(=O)(=O)c2cccs2)c1. The smallest absolute Gasteiger partial charge is 0.271 e. The van der Waals surface area contributed by atoms with E-state index in [9.17, 15) is 18.0 Å². The third-order valence-electron chi connectivity index (χ3n) is 4.91. The summed E-state index contributed by atoms with van der Waals surface area (Å²) in [6.07, 6.45) is 1.46. The van der Waals surface area contributed by atoms with Crippen LogP contribution in [-0.4, -0.2) is 26.8 Å². The van der Waals surface area contributed by atoms with E-state index in [2.05, 4.69) is 10.0 Å². The monoisotopic (exact) mass is 455 g/mol. The predicted molar refractivity (Wildman–Crippen MR) is 121 cm³/mol. The van der Waals surface area contributed by atoms with Crippen LogP contribution < -0.4 is 14.9 Å². The minimum Gasteiger partial charge on any atom is -0.348 e. The third-order valence-corrected chi connectivity index (χ3v) is 7.69. The summed E-state index contributed by atoms with van der Waals surface area (Å²) < 4.78 is 27.5. The molecule has 31 heavy (non-hydrogen) atoms. The highest BCUT2D eigenvalue weighted by Gasteiger charge is 2.21. The van der Waals surface area contributed by atoms with E-state index in [-0.39, 0.29) is 16.0 Å². The van der Waals surface area contributed by atoms with Crippen LogP contribution in [0.1, 0.15) is 28.8 Å². The normalized spacial score (nSPS) is 13.9. The first kappa shape index (κ1) is 21.1. The van der Waals surface area contributed by atoms with Crippen molar-refractivity contribution >= 4 is 44.5 Å². The highest BCUT2D eigenvalue weighted by Crippen LogP contribution is 2.22. The standard InChI is InChI=1S/C22H21N3O4S2/c26-20-6-2-12-25(20)19-10-8-16(9-11-19)15-23-22(27)17-4-1-5-18(14-17)24-31(28,29)21-7-3-13-30-21/h1,3-5,7-11,13-14,24H,2,6,12,15H2,(H,23,27). The van der Waals surface area contributed by atoms with Gasteiger partial charge in [-0.1, -0.05) is 24.3 Å². The number of carbonyl (C=O) groups is 2. The first-order valence-electron chi connectivity index (χ1n) is 9.76. The zero-order valence-corrected chi connectivity index (χ0v) is 18.2. The Morgan fingerprint density at radius 2 is 1.87 bits per heavy atom. The molecule has 2 N–H and O–H groups in total. The molecule has 0 unspecified atom stereocenters. The molecule has 1 aromatic heterocycles. The lowest BCUT2D eigenvalue weighted by molar-refractivity contribution is -0.117. The maximum atomic E-state index is 12.5. The Morgan fingerprint density at radius 1 is 1.06 bits per heavy atom. The lowest BCUT2D eigenvalue weighted by Crippen LogP contribution is -2.24. The van der Waals surface area contributed by atoms with Gasteiger partial charge in [-0.15, -0.1) is 11.3 Å². The summed E-state index contributed by atoms with van der Waals surface area (Å²) in [7, 11) is -3.67. The van der Waals surface area contributed by atoms with Crippen LogP contribution in [0.25, 0.3) is 0 Å². The molecule has 0 aliphatic carbocycles. The van der Waals surface area contributed by atoms with Crippen molar-refractivity contribution in [3.8, 4) is 0 Å². The molecule has 9 heteroatoms. The van der Waals surface area contributed by atoms with Crippen LogP contribution in [0.4, 0.5) is 11.4 Å². The quantitative estimate of drug-likeness (QED) is 0.569. The number of benzene rings is 2. The molecule has 3 aromatic rings.